The maximum absolute atomic E-state index is 13.5. The van der Waals surface area contributed by atoms with Crippen LogP contribution in [0.2, 0.25) is 5.02 Å². The molecule has 3 heteroatoms. The third kappa shape index (κ3) is 1.62. The van der Waals surface area contributed by atoms with Crippen LogP contribution < -0.4 is 0 Å². The highest BCUT2D eigenvalue weighted by atomic mass is 79.9. The van der Waals surface area contributed by atoms with Crippen molar-refractivity contribution in [3.8, 4) is 0 Å². The number of hydrogen-bond acceptors (Lipinski definition) is 0. The first-order valence-electron chi connectivity index (χ1n) is 4.35. The molecule has 0 aliphatic heterocycles. The molecule has 0 atom stereocenters. The maximum atomic E-state index is 13.5. The van der Waals surface area contributed by atoms with Gasteiger partial charge in [0.25, 0.3) is 0 Å². The molecule has 0 amide bonds. The predicted octanol–water partition coefficient (Wildman–Crippen LogP) is 4.12. The average Bonchev–Trinajstić information content (AvgIpc) is 2.15. The van der Waals surface area contributed by atoms with Crippen LogP contribution >= 0.6 is 27.5 Å². The van der Waals surface area contributed by atoms with E-state index in [1.165, 1.54) is 0 Å². The van der Waals surface area contributed by atoms with E-state index in [9.17, 15) is 4.39 Å². The van der Waals surface area contributed by atoms with Crippen LogP contribution in [0.5, 0.6) is 0 Å². The molecule has 0 nitrogen and oxygen atoms in total. The quantitative estimate of drug-likeness (QED) is 0.618. The first-order chi connectivity index (χ1) is 6.20. The minimum atomic E-state index is -0.223. The molecule has 0 fully saturated rings. The second kappa shape index (κ2) is 3.58. The SMILES string of the molecule is Fc1c(Cl)cc(Br)c2c1CCCC2. The summed E-state index contributed by atoms with van der Waals surface area (Å²) in [6.07, 6.45) is 3.99. The molecule has 0 N–H and O–H groups in total. The van der Waals surface area contributed by atoms with Gasteiger partial charge in [-0.15, -0.1) is 0 Å². The average molecular weight is 264 g/mol. The molecule has 1 aliphatic rings. The van der Waals surface area contributed by atoms with Gasteiger partial charge in [-0.2, -0.15) is 0 Å². The Kier molecular flexibility index (Phi) is 2.61. The maximum Gasteiger partial charge on any atom is 0.145 e. The summed E-state index contributed by atoms with van der Waals surface area (Å²) in [7, 11) is 0. The fourth-order valence-electron chi connectivity index (χ4n) is 1.82. The molecule has 0 spiro atoms. The van der Waals surface area contributed by atoms with E-state index >= 15 is 0 Å². The summed E-state index contributed by atoms with van der Waals surface area (Å²) < 4.78 is 14.5. The Hall–Kier alpha value is -0.0800. The molecule has 1 aromatic carbocycles. The van der Waals surface area contributed by atoms with Crippen molar-refractivity contribution in [2.24, 2.45) is 0 Å². The van der Waals surface area contributed by atoms with Crippen LogP contribution in [0.4, 0.5) is 4.39 Å². The molecule has 2 rings (SSSR count). The molecule has 0 bridgehead atoms. The van der Waals surface area contributed by atoms with Crippen molar-refractivity contribution in [2.45, 2.75) is 25.7 Å². The number of fused-ring (bicyclic) bond motifs is 1. The molecule has 0 saturated carbocycles. The summed E-state index contributed by atoms with van der Waals surface area (Å²) in [5.74, 6) is -0.223. The summed E-state index contributed by atoms with van der Waals surface area (Å²) in [4.78, 5) is 0. The van der Waals surface area contributed by atoms with Gasteiger partial charge < -0.3 is 0 Å². The second-order valence-corrected chi connectivity index (χ2v) is 4.58. The zero-order valence-corrected chi connectivity index (χ0v) is 9.38. The lowest BCUT2D eigenvalue weighted by atomic mass is 9.91. The van der Waals surface area contributed by atoms with E-state index in [2.05, 4.69) is 15.9 Å². The molecule has 0 radical (unpaired) electrons. The van der Waals surface area contributed by atoms with Crippen molar-refractivity contribution in [3.63, 3.8) is 0 Å². The molecule has 0 saturated heterocycles. The zero-order chi connectivity index (χ0) is 9.42. The van der Waals surface area contributed by atoms with Gasteiger partial charge in [-0.05, 0) is 42.9 Å². The van der Waals surface area contributed by atoms with Crippen LogP contribution in [0.25, 0.3) is 0 Å². The van der Waals surface area contributed by atoms with Gasteiger partial charge in [-0.3, -0.25) is 0 Å². The Bertz CT molecular complexity index is 349. The van der Waals surface area contributed by atoms with Crippen LogP contribution in [0.15, 0.2) is 10.5 Å². The predicted molar refractivity (Wildman–Crippen MR) is 55.8 cm³/mol. The van der Waals surface area contributed by atoms with E-state index in [-0.39, 0.29) is 10.8 Å². The van der Waals surface area contributed by atoms with Gasteiger partial charge in [0.1, 0.15) is 5.82 Å². The molecule has 0 aromatic heterocycles. The summed E-state index contributed by atoms with van der Waals surface area (Å²) in [5.41, 5.74) is 1.92. The van der Waals surface area contributed by atoms with E-state index in [1.54, 1.807) is 6.07 Å². The van der Waals surface area contributed by atoms with Gasteiger partial charge in [-0.25, -0.2) is 4.39 Å². The van der Waals surface area contributed by atoms with E-state index in [0.717, 1.165) is 41.3 Å². The monoisotopic (exact) mass is 262 g/mol. The Morgan fingerprint density at radius 1 is 1.23 bits per heavy atom. The Morgan fingerprint density at radius 2 is 1.85 bits per heavy atom. The Balaban J connectivity index is 2.63. The van der Waals surface area contributed by atoms with Gasteiger partial charge in [0, 0.05) is 4.47 Å². The summed E-state index contributed by atoms with van der Waals surface area (Å²) in [6, 6.07) is 1.65. The summed E-state index contributed by atoms with van der Waals surface area (Å²) >= 11 is 9.16. The fourth-order valence-corrected chi connectivity index (χ4v) is 2.84. The minimum Gasteiger partial charge on any atom is -0.205 e. The topological polar surface area (TPSA) is 0 Å². The number of rotatable bonds is 0. The summed E-state index contributed by atoms with van der Waals surface area (Å²) in [5, 5.41) is 0.229. The van der Waals surface area contributed by atoms with Crippen molar-refractivity contribution < 1.29 is 4.39 Å². The van der Waals surface area contributed by atoms with Crippen molar-refractivity contribution >= 4 is 27.5 Å². The molecular weight excluding hydrogens is 254 g/mol. The lowest BCUT2D eigenvalue weighted by Crippen LogP contribution is -2.06. The summed E-state index contributed by atoms with van der Waals surface area (Å²) in [6.45, 7) is 0. The van der Waals surface area contributed by atoms with Gasteiger partial charge in [0.05, 0.1) is 5.02 Å². The van der Waals surface area contributed by atoms with Crippen molar-refractivity contribution in [2.75, 3.05) is 0 Å². The van der Waals surface area contributed by atoms with Gasteiger partial charge in [-0.1, -0.05) is 27.5 Å². The zero-order valence-electron chi connectivity index (χ0n) is 7.04. The normalized spacial score (nSPS) is 15.6. The first kappa shape index (κ1) is 9.47. The third-order valence-electron chi connectivity index (χ3n) is 2.48. The smallest absolute Gasteiger partial charge is 0.145 e. The van der Waals surface area contributed by atoms with E-state index in [0.29, 0.717) is 0 Å². The number of hydrogen-bond donors (Lipinski definition) is 0. The molecule has 1 aliphatic carbocycles. The molecule has 13 heavy (non-hydrogen) atoms. The fraction of sp³-hybridized carbons (Fsp3) is 0.400. The highest BCUT2D eigenvalue weighted by Crippen LogP contribution is 2.34. The highest BCUT2D eigenvalue weighted by molar-refractivity contribution is 9.10. The lowest BCUT2D eigenvalue weighted by Gasteiger charge is -2.18. The third-order valence-corrected chi connectivity index (χ3v) is 3.47. The first-order valence-corrected chi connectivity index (χ1v) is 5.52. The van der Waals surface area contributed by atoms with Crippen LogP contribution in [0.3, 0.4) is 0 Å². The van der Waals surface area contributed by atoms with Crippen molar-refractivity contribution in [1.82, 2.24) is 0 Å². The van der Waals surface area contributed by atoms with Crippen LogP contribution in [0.1, 0.15) is 24.0 Å². The van der Waals surface area contributed by atoms with E-state index in [1.807, 2.05) is 0 Å². The minimum absolute atomic E-state index is 0.223. The lowest BCUT2D eigenvalue weighted by molar-refractivity contribution is 0.578. The molecule has 0 heterocycles. The molecular formula is C10H9BrClF. The van der Waals surface area contributed by atoms with Crippen molar-refractivity contribution in [1.29, 1.82) is 0 Å². The van der Waals surface area contributed by atoms with Crippen molar-refractivity contribution in [3.05, 3.63) is 32.5 Å². The molecule has 1 aromatic rings. The van der Waals surface area contributed by atoms with Gasteiger partial charge >= 0.3 is 0 Å². The van der Waals surface area contributed by atoms with E-state index < -0.39 is 0 Å². The van der Waals surface area contributed by atoms with Crippen LogP contribution in [0, 0.1) is 5.82 Å². The Labute approximate surface area is 90.2 Å². The highest BCUT2D eigenvalue weighted by Gasteiger charge is 2.18. The Morgan fingerprint density at radius 3 is 2.54 bits per heavy atom. The van der Waals surface area contributed by atoms with Gasteiger partial charge in [0.15, 0.2) is 0 Å². The van der Waals surface area contributed by atoms with E-state index in [4.69, 9.17) is 11.6 Å². The molecule has 0 unspecified atom stereocenters. The standard InChI is InChI=1S/C10H9BrClF/c11-8-5-9(12)10(13)7-4-2-1-3-6(7)8/h5H,1-4H2. The van der Waals surface area contributed by atoms with Crippen LogP contribution in [-0.2, 0) is 12.8 Å². The number of halogens is 3. The second-order valence-electron chi connectivity index (χ2n) is 3.32. The largest absolute Gasteiger partial charge is 0.205 e. The number of benzene rings is 1. The van der Waals surface area contributed by atoms with Gasteiger partial charge in [0.2, 0.25) is 0 Å². The molecule has 70 valence electrons. The van der Waals surface area contributed by atoms with Crippen LogP contribution in [-0.4, -0.2) is 0 Å².